The molecule has 0 aliphatic carbocycles. The molecule has 29 heavy (non-hydrogen) atoms. The summed E-state index contributed by atoms with van der Waals surface area (Å²) in [5, 5.41) is 13.8. The Kier molecular flexibility index (Phi) is 6.59. The van der Waals surface area contributed by atoms with Crippen molar-refractivity contribution in [1.29, 1.82) is 0 Å². The number of non-ortho nitro benzene ring substituents is 1. The minimum atomic E-state index is -0.490. The summed E-state index contributed by atoms with van der Waals surface area (Å²) < 4.78 is 0. The number of nitrogens with one attached hydrogen (secondary N) is 1. The van der Waals surface area contributed by atoms with Crippen molar-refractivity contribution in [2.75, 3.05) is 18.4 Å². The summed E-state index contributed by atoms with van der Waals surface area (Å²) in [4.78, 5) is 37.0. The van der Waals surface area contributed by atoms with Gasteiger partial charge in [0.05, 0.1) is 4.92 Å². The molecule has 2 aromatic carbocycles. The first-order valence-corrected chi connectivity index (χ1v) is 9.88. The summed E-state index contributed by atoms with van der Waals surface area (Å²) in [6, 6.07) is 13.2. The molecule has 1 heterocycles. The summed E-state index contributed by atoms with van der Waals surface area (Å²) in [5.41, 5.74) is 1.93. The van der Waals surface area contributed by atoms with Gasteiger partial charge in [0.2, 0.25) is 0 Å². The molecule has 3 rings (SSSR count). The maximum Gasteiger partial charge on any atom is 0.269 e. The Morgan fingerprint density at radius 3 is 2.34 bits per heavy atom. The van der Waals surface area contributed by atoms with Gasteiger partial charge in [0.15, 0.2) is 5.78 Å². The molecule has 0 unspecified atom stereocenters. The van der Waals surface area contributed by atoms with Crippen LogP contribution in [0.2, 0.25) is 0 Å². The largest absolute Gasteiger partial charge is 0.385 e. The van der Waals surface area contributed by atoms with E-state index in [4.69, 9.17) is 0 Å². The minimum absolute atomic E-state index is 0.0340. The number of piperidine rings is 1. The first-order valence-electron chi connectivity index (χ1n) is 9.88. The van der Waals surface area contributed by atoms with E-state index in [-0.39, 0.29) is 29.8 Å². The molecule has 1 aliphatic rings. The summed E-state index contributed by atoms with van der Waals surface area (Å²) in [6.07, 6.45) is 3.54. The molecule has 7 nitrogen and oxygen atoms in total. The third kappa shape index (κ3) is 5.19. The van der Waals surface area contributed by atoms with Crippen LogP contribution in [0.1, 0.15) is 53.3 Å². The Hall–Kier alpha value is -3.22. The van der Waals surface area contributed by atoms with Crippen molar-refractivity contribution >= 4 is 23.1 Å². The number of nitrogens with zero attached hydrogens (tertiary/aromatic N) is 2. The van der Waals surface area contributed by atoms with Gasteiger partial charge in [-0.15, -0.1) is 0 Å². The fraction of sp³-hybridized carbons (Fsp3) is 0.364. The van der Waals surface area contributed by atoms with Crippen molar-refractivity contribution in [3.8, 4) is 0 Å². The summed E-state index contributed by atoms with van der Waals surface area (Å²) in [6.45, 7) is 3.34. The third-order valence-corrected chi connectivity index (χ3v) is 5.28. The van der Waals surface area contributed by atoms with E-state index < -0.39 is 4.92 Å². The van der Waals surface area contributed by atoms with Crippen molar-refractivity contribution < 1.29 is 14.5 Å². The van der Waals surface area contributed by atoms with Crippen molar-refractivity contribution in [1.82, 2.24) is 4.90 Å². The number of ketones is 1. The average Bonchev–Trinajstić information content (AvgIpc) is 2.74. The Labute approximate surface area is 169 Å². The Bertz CT molecular complexity index is 878. The second-order valence-corrected chi connectivity index (χ2v) is 7.32. The van der Waals surface area contributed by atoms with Gasteiger partial charge in [-0.25, -0.2) is 0 Å². The zero-order valence-electron chi connectivity index (χ0n) is 16.5. The predicted octanol–water partition coefficient (Wildman–Crippen LogP) is 4.29. The molecular weight excluding hydrogens is 370 g/mol. The fourth-order valence-electron chi connectivity index (χ4n) is 3.53. The van der Waals surface area contributed by atoms with E-state index in [0.717, 1.165) is 25.1 Å². The molecule has 0 aromatic heterocycles. The van der Waals surface area contributed by atoms with Crippen LogP contribution in [0.25, 0.3) is 0 Å². The first-order chi connectivity index (χ1) is 14.0. The first kappa shape index (κ1) is 20.5. The van der Waals surface area contributed by atoms with E-state index in [1.54, 1.807) is 0 Å². The van der Waals surface area contributed by atoms with Gasteiger partial charge in [-0.3, -0.25) is 19.7 Å². The SMILES string of the molecule is C[C@H]1CCCCN1C(=O)c1ccc(NCCC(=O)c2ccc([N+](=O)[O-])cc2)cc1. The van der Waals surface area contributed by atoms with Crippen LogP contribution in [-0.4, -0.2) is 40.6 Å². The highest BCUT2D eigenvalue weighted by Gasteiger charge is 2.24. The summed E-state index contributed by atoms with van der Waals surface area (Å²) in [5.74, 6) is -0.0182. The van der Waals surface area contributed by atoms with Gasteiger partial charge in [-0.2, -0.15) is 0 Å². The topological polar surface area (TPSA) is 92.6 Å². The van der Waals surface area contributed by atoms with Crippen LogP contribution in [0.15, 0.2) is 48.5 Å². The predicted molar refractivity (Wildman–Crippen MR) is 111 cm³/mol. The number of Topliss-reactive ketones (excluding diaryl/α,β-unsaturated/α-hetero) is 1. The van der Waals surface area contributed by atoms with Crippen LogP contribution in [0, 0.1) is 10.1 Å². The van der Waals surface area contributed by atoms with Crippen molar-refractivity contribution in [2.45, 2.75) is 38.6 Å². The molecule has 2 aromatic rings. The molecule has 1 saturated heterocycles. The molecule has 0 radical (unpaired) electrons. The molecule has 152 valence electrons. The Balaban J connectivity index is 1.50. The van der Waals surface area contributed by atoms with Gasteiger partial charge in [0.1, 0.15) is 0 Å². The van der Waals surface area contributed by atoms with Crippen LogP contribution in [0.3, 0.4) is 0 Å². The van der Waals surface area contributed by atoms with Gasteiger partial charge in [0, 0.05) is 54.5 Å². The lowest BCUT2D eigenvalue weighted by Crippen LogP contribution is -2.41. The Morgan fingerprint density at radius 2 is 1.72 bits per heavy atom. The normalized spacial score (nSPS) is 16.3. The number of carbonyl (C=O) groups excluding carboxylic acids is 2. The van der Waals surface area contributed by atoms with Crippen LogP contribution >= 0.6 is 0 Å². The van der Waals surface area contributed by atoms with Crippen LogP contribution in [0.5, 0.6) is 0 Å². The maximum absolute atomic E-state index is 12.7. The van der Waals surface area contributed by atoms with E-state index >= 15 is 0 Å². The van der Waals surface area contributed by atoms with Gasteiger partial charge in [-0.05, 0) is 62.6 Å². The molecule has 1 amide bonds. The van der Waals surface area contributed by atoms with Crippen molar-refractivity contribution in [2.24, 2.45) is 0 Å². The molecule has 7 heteroatoms. The van der Waals surface area contributed by atoms with Gasteiger partial charge >= 0.3 is 0 Å². The van der Waals surface area contributed by atoms with E-state index in [9.17, 15) is 19.7 Å². The molecule has 1 aliphatic heterocycles. The highest BCUT2D eigenvalue weighted by Crippen LogP contribution is 2.20. The highest BCUT2D eigenvalue weighted by atomic mass is 16.6. The second kappa shape index (κ2) is 9.32. The number of likely N-dealkylation sites (tertiary alicyclic amines) is 1. The molecule has 1 N–H and O–H groups in total. The van der Waals surface area contributed by atoms with E-state index in [1.165, 1.54) is 30.7 Å². The molecular formula is C22H25N3O4. The van der Waals surface area contributed by atoms with E-state index in [0.29, 0.717) is 17.7 Å². The number of anilines is 1. The number of amides is 1. The Morgan fingerprint density at radius 1 is 1.07 bits per heavy atom. The number of hydrogen-bond donors (Lipinski definition) is 1. The molecule has 0 saturated carbocycles. The summed E-state index contributed by atoms with van der Waals surface area (Å²) >= 11 is 0. The number of nitro benzene ring substituents is 1. The van der Waals surface area contributed by atoms with Crippen LogP contribution in [-0.2, 0) is 0 Å². The van der Waals surface area contributed by atoms with Gasteiger partial charge in [-0.1, -0.05) is 0 Å². The van der Waals surface area contributed by atoms with Crippen LogP contribution in [0.4, 0.5) is 11.4 Å². The zero-order valence-corrected chi connectivity index (χ0v) is 16.5. The maximum atomic E-state index is 12.7. The van der Waals surface area contributed by atoms with Crippen LogP contribution < -0.4 is 5.32 Å². The second-order valence-electron chi connectivity index (χ2n) is 7.32. The third-order valence-electron chi connectivity index (χ3n) is 5.28. The molecule has 1 fully saturated rings. The number of carbonyl (C=O) groups is 2. The molecule has 0 spiro atoms. The monoisotopic (exact) mass is 395 g/mol. The summed E-state index contributed by atoms with van der Waals surface area (Å²) in [7, 11) is 0. The lowest BCUT2D eigenvalue weighted by Gasteiger charge is -2.33. The van der Waals surface area contributed by atoms with Crippen molar-refractivity contribution in [3.05, 3.63) is 69.8 Å². The molecule has 1 atom stereocenters. The van der Waals surface area contributed by atoms with Crippen molar-refractivity contribution in [3.63, 3.8) is 0 Å². The average molecular weight is 395 g/mol. The number of rotatable bonds is 7. The number of benzene rings is 2. The quantitative estimate of drug-likeness (QED) is 0.429. The van der Waals surface area contributed by atoms with E-state index in [2.05, 4.69) is 12.2 Å². The lowest BCUT2D eigenvalue weighted by molar-refractivity contribution is -0.384. The zero-order chi connectivity index (χ0) is 20.8. The fourth-order valence-corrected chi connectivity index (χ4v) is 3.53. The molecule has 0 bridgehead atoms. The van der Waals surface area contributed by atoms with Gasteiger partial charge in [0.25, 0.3) is 11.6 Å². The number of nitro groups is 1. The smallest absolute Gasteiger partial charge is 0.269 e. The van der Waals surface area contributed by atoms with E-state index in [1.807, 2.05) is 29.2 Å². The van der Waals surface area contributed by atoms with Gasteiger partial charge < -0.3 is 10.2 Å². The number of hydrogen-bond acceptors (Lipinski definition) is 5. The standard InChI is InChI=1S/C22H25N3O4/c1-16-4-2-3-15-24(16)22(27)18-5-9-19(10-6-18)23-14-13-21(26)17-7-11-20(12-8-17)25(28)29/h5-12,16,23H,2-4,13-15H2,1H3/t16-/m0/s1. The highest BCUT2D eigenvalue weighted by molar-refractivity contribution is 5.96. The minimum Gasteiger partial charge on any atom is -0.385 e. The lowest BCUT2D eigenvalue weighted by atomic mass is 10.0.